The highest BCUT2D eigenvalue weighted by Crippen LogP contribution is 2.50. The van der Waals surface area contributed by atoms with Crippen molar-refractivity contribution in [3.05, 3.63) is 41.0 Å². The van der Waals surface area contributed by atoms with Gasteiger partial charge in [-0.3, -0.25) is 4.79 Å². The molecule has 2 unspecified atom stereocenters. The Morgan fingerprint density at radius 2 is 1.90 bits per heavy atom. The molecule has 0 amide bonds. The lowest BCUT2D eigenvalue weighted by atomic mass is 9.81. The molecule has 2 aromatic rings. The third-order valence-corrected chi connectivity index (χ3v) is 7.34. The number of halogens is 1. The van der Waals surface area contributed by atoms with Crippen molar-refractivity contribution < 1.29 is 33.6 Å². The molecule has 0 aromatic heterocycles. The lowest BCUT2D eigenvalue weighted by Gasteiger charge is -2.37. The summed E-state index contributed by atoms with van der Waals surface area (Å²) in [5.74, 6) is 2.48. The van der Waals surface area contributed by atoms with Crippen LogP contribution in [0.1, 0.15) is 34.3 Å². The summed E-state index contributed by atoms with van der Waals surface area (Å²) in [6, 6.07) is 7.15. The second kappa shape index (κ2) is 7.44. The second-order valence-corrected chi connectivity index (χ2v) is 10.7. The number of Topliss-reactive ketones (excluding diaryl/α,β-unsaturated/α-hetero) is 1. The van der Waals surface area contributed by atoms with Crippen molar-refractivity contribution in [1.82, 2.24) is 0 Å². The van der Waals surface area contributed by atoms with E-state index < -0.39 is 15.4 Å². The molecule has 164 valence electrons. The summed E-state index contributed by atoms with van der Waals surface area (Å²) < 4.78 is 28.8. The van der Waals surface area contributed by atoms with Crippen LogP contribution < -0.4 is 23.7 Å². The molecule has 0 bridgehead atoms. The lowest BCUT2D eigenvalue weighted by Crippen LogP contribution is -2.43. The standard InChI is InChI=1S/C23H23IO7/c1-23(24,10-25)19-7-13-14(30-19)5-4-11-21(26)20-12-6-16(27-2)17(28-3)8-15(12)29-9-18(20)31-22(11)13/h4-6,8,18-20,25H,7,9-10H2,1-3H3/t18?,19-,20?,23+/m1/s1/i24-4. The van der Waals surface area contributed by atoms with Crippen LogP contribution in [0.2, 0.25) is 0 Å². The van der Waals surface area contributed by atoms with Crippen LogP contribution in [0.5, 0.6) is 28.7 Å². The molecule has 5 rings (SSSR count). The summed E-state index contributed by atoms with van der Waals surface area (Å²) >= 11 is 2.22. The van der Waals surface area contributed by atoms with E-state index in [9.17, 15) is 9.90 Å². The Morgan fingerprint density at radius 1 is 1.16 bits per heavy atom. The van der Waals surface area contributed by atoms with Crippen LogP contribution in [-0.2, 0) is 6.42 Å². The Balaban J connectivity index is 1.55. The Hall–Kier alpha value is -2.20. The first-order valence-corrected chi connectivity index (χ1v) is 11.2. The predicted octanol–water partition coefficient (Wildman–Crippen LogP) is 3.31. The van der Waals surface area contributed by atoms with Gasteiger partial charge in [0.1, 0.15) is 36.1 Å². The molecule has 1 N–H and O–H groups in total. The summed E-state index contributed by atoms with van der Waals surface area (Å²) in [6.45, 7) is 2.20. The summed E-state index contributed by atoms with van der Waals surface area (Å²) in [5.41, 5.74) is 2.16. The van der Waals surface area contributed by atoms with E-state index in [4.69, 9.17) is 23.7 Å². The normalized spacial score (nSPS) is 24.9. The van der Waals surface area contributed by atoms with E-state index in [0.29, 0.717) is 40.7 Å². The van der Waals surface area contributed by atoms with E-state index in [-0.39, 0.29) is 25.1 Å². The highest BCUT2D eigenvalue weighted by Gasteiger charge is 2.47. The number of carbonyl (C=O) groups is 1. The second-order valence-electron chi connectivity index (χ2n) is 8.22. The van der Waals surface area contributed by atoms with Crippen LogP contribution in [0.4, 0.5) is 0 Å². The van der Waals surface area contributed by atoms with E-state index in [2.05, 4.69) is 22.6 Å². The number of aliphatic hydroxyl groups is 1. The summed E-state index contributed by atoms with van der Waals surface area (Å²) in [7, 11) is 3.13. The molecule has 8 heteroatoms. The minimum Gasteiger partial charge on any atom is -0.493 e. The molecule has 4 atom stereocenters. The van der Waals surface area contributed by atoms with Crippen LogP contribution >= 0.6 is 22.6 Å². The Kier molecular flexibility index (Phi) is 4.97. The Morgan fingerprint density at radius 3 is 2.61 bits per heavy atom. The lowest BCUT2D eigenvalue weighted by molar-refractivity contribution is 0.0554. The monoisotopic (exact) mass is 534 g/mol. The fraction of sp³-hybridized carbons (Fsp3) is 0.435. The average Bonchev–Trinajstić information content (AvgIpc) is 3.23. The number of ether oxygens (including phenoxy) is 5. The summed E-state index contributed by atoms with van der Waals surface area (Å²) in [4.78, 5) is 13.6. The fourth-order valence-electron chi connectivity index (χ4n) is 4.50. The topological polar surface area (TPSA) is 83.5 Å². The highest BCUT2D eigenvalue weighted by atomic mass is 123. The Labute approximate surface area is 193 Å². The summed E-state index contributed by atoms with van der Waals surface area (Å²) in [5, 5.41) is 9.73. The zero-order valence-corrected chi connectivity index (χ0v) is 19.6. The molecule has 3 aliphatic rings. The van der Waals surface area contributed by atoms with Crippen LogP contribution in [0, 0.1) is 0 Å². The third-order valence-electron chi connectivity index (χ3n) is 6.30. The molecule has 0 saturated heterocycles. The molecular formula is C23H23IO7. The zero-order chi connectivity index (χ0) is 21.9. The zero-order valence-electron chi connectivity index (χ0n) is 17.4. The number of benzene rings is 2. The molecule has 0 aliphatic carbocycles. The van der Waals surface area contributed by atoms with E-state index in [1.54, 1.807) is 32.4 Å². The summed E-state index contributed by atoms with van der Waals surface area (Å²) in [6.07, 6.45) is -0.0675. The molecule has 2 aromatic carbocycles. The molecule has 31 heavy (non-hydrogen) atoms. The first-order valence-electron chi connectivity index (χ1n) is 10.1. The van der Waals surface area contributed by atoms with Crippen LogP contribution in [0.3, 0.4) is 0 Å². The molecular weight excluding hydrogens is 511 g/mol. The number of fused-ring (bicyclic) bond motifs is 6. The largest absolute Gasteiger partial charge is 0.493 e. The quantitative estimate of drug-likeness (QED) is 0.476. The van der Waals surface area contributed by atoms with Gasteiger partial charge in [0.15, 0.2) is 17.3 Å². The molecule has 3 aliphatic heterocycles. The van der Waals surface area contributed by atoms with Gasteiger partial charge in [-0.2, -0.15) is 0 Å². The smallest absolute Gasteiger partial charge is 0.178 e. The van der Waals surface area contributed by atoms with Crippen molar-refractivity contribution in [2.24, 2.45) is 0 Å². The third kappa shape index (κ3) is 3.14. The van der Waals surface area contributed by atoms with Crippen molar-refractivity contribution in [2.45, 2.75) is 34.9 Å². The van der Waals surface area contributed by atoms with Gasteiger partial charge in [0.2, 0.25) is 0 Å². The number of hydrogen-bond donors (Lipinski definition) is 1. The number of carbonyl (C=O) groups excluding carboxylic acids is 1. The molecule has 0 radical (unpaired) electrons. The number of rotatable bonds is 4. The van der Waals surface area contributed by atoms with E-state index in [1.807, 2.05) is 13.0 Å². The van der Waals surface area contributed by atoms with Crippen molar-refractivity contribution in [3.63, 3.8) is 0 Å². The van der Waals surface area contributed by atoms with Crippen molar-refractivity contribution >= 4 is 28.4 Å². The van der Waals surface area contributed by atoms with Gasteiger partial charge < -0.3 is 28.8 Å². The van der Waals surface area contributed by atoms with E-state index in [0.717, 1.165) is 11.1 Å². The van der Waals surface area contributed by atoms with Gasteiger partial charge in [-0.1, -0.05) is 22.6 Å². The van der Waals surface area contributed by atoms with Gasteiger partial charge in [0.25, 0.3) is 0 Å². The first kappa shape index (κ1) is 20.7. The number of methoxy groups -OCH3 is 2. The minimum atomic E-state index is -0.487. The molecule has 0 saturated carbocycles. The van der Waals surface area contributed by atoms with E-state index in [1.165, 1.54) is 0 Å². The highest BCUT2D eigenvalue weighted by molar-refractivity contribution is 14.1. The number of aliphatic hydroxyl groups excluding tert-OH is 1. The molecule has 0 spiro atoms. The van der Waals surface area contributed by atoms with Crippen molar-refractivity contribution in [1.29, 1.82) is 0 Å². The maximum Gasteiger partial charge on any atom is 0.178 e. The van der Waals surface area contributed by atoms with Crippen LogP contribution in [-0.4, -0.2) is 54.0 Å². The van der Waals surface area contributed by atoms with Gasteiger partial charge in [0, 0.05) is 23.6 Å². The number of alkyl halides is 1. The van der Waals surface area contributed by atoms with Gasteiger partial charge in [-0.05, 0) is 25.1 Å². The van der Waals surface area contributed by atoms with Gasteiger partial charge in [-0.25, -0.2) is 0 Å². The number of ketones is 1. The van der Waals surface area contributed by atoms with Crippen LogP contribution in [0.15, 0.2) is 24.3 Å². The minimum absolute atomic E-state index is 0.00515. The fourth-order valence-corrected chi connectivity index (χ4v) is 4.85. The van der Waals surface area contributed by atoms with Crippen molar-refractivity contribution in [3.8, 4) is 28.7 Å². The maximum atomic E-state index is 13.6. The molecule has 7 nitrogen and oxygen atoms in total. The Bertz CT molecular complexity index is 1060. The SMILES string of the molecule is COc1cc2c(cc1OC)C1C(=O)c3ccc4c(c3OC1CO2)C[C@H]([C@@](C)([123I])CO)O4. The van der Waals surface area contributed by atoms with Gasteiger partial charge >= 0.3 is 0 Å². The number of hydrogen-bond acceptors (Lipinski definition) is 7. The van der Waals surface area contributed by atoms with Crippen LogP contribution in [0.25, 0.3) is 0 Å². The van der Waals surface area contributed by atoms with Gasteiger partial charge in [0.05, 0.1) is 35.7 Å². The molecule has 3 heterocycles. The predicted molar refractivity (Wildman–Crippen MR) is 121 cm³/mol. The first-order chi connectivity index (χ1) is 14.9. The molecule has 0 fully saturated rings. The van der Waals surface area contributed by atoms with Crippen molar-refractivity contribution in [2.75, 3.05) is 27.4 Å². The van der Waals surface area contributed by atoms with E-state index >= 15 is 0 Å². The van der Waals surface area contributed by atoms with Gasteiger partial charge in [-0.15, -0.1) is 0 Å². The maximum absolute atomic E-state index is 13.6. The average molecular weight is 534 g/mol.